The summed E-state index contributed by atoms with van der Waals surface area (Å²) in [5, 5.41) is 14.6. The summed E-state index contributed by atoms with van der Waals surface area (Å²) in [5.74, 6) is -0.924. The van der Waals surface area contributed by atoms with Crippen molar-refractivity contribution in [2.24, 2.45) is 5.41 Å². The van der Waals surface area contributed by atoms with Crippen LogP contribution in [-0.2, 0) is 14.3 Å². The third-order valence-corrected chi connectivity index (χ3v) is 7.11. The van der Waals surface area contributed by atoms with E-state index < -0.39 is 17.5 Å². The molecule has 2 aliphatic carbocycles. The van der Waals surface area contributed by atoms with Crippen LogP contribution in [-0.4, -0.2) is 42.3 Å². The second-order valence-corrected chi connectivity index (χ2v) is 9.47. The van der Waals surface area contributed by atoms with Crippen molar-refractivity contribution in [1.29, 1.82) is 0 Å². The zero-order valence-electron chi connectivity index (χ0n) is 19.5. The van der Waals surface area contributed by atoms with Gasteiger partial charge in [0.2, 0.25) is 5.91 Å². The minimum atomic E-state index is -0.832. The lowest BCUT2D eigenvalue weighted by Crippen LogP contribution is -2.54. The van der Waals surface area contributed by atoms with E-state index in [1.807, 2.05) is 31.2 Å². The number of carbonyl (C=O) groups excluding carboxylic acids is 2. The number of hydrogen-bond donors (Lipinski definition) is 3. The molecule has 7 nitrogen and oxygen atoms in total. The Bertz CT molecular complexity index is 1020. The molecule has 2 aliphatic rings. The van der Waals surface area contributed by atoms with Crippen LogP contribution in [0.4, 0.5) is 4.79 Å². The number of aliphatic carboxylic acids is 1. The van der Waals surface area contributed by atoms with Gasteiger partial charge in [0.05, 0.1) is 5.41 Å². The summed E-state index contributed by atoms with van der Waals surface area (Å²) in [5.41, 5.74) is 4.04. The number of carboxylic acids is 1. The van der Waals surface area contributed by atoms with Gasteiger partial charge >= 0.3 is 12.1 Å². The summed E-state index contributed by atoms with van der Waals surface area (Å²) >= 11 is 0. The molecule has 0 spiro atoms. The number of ether oxygens (including phenoxy) is 1. The second-order valence-electron chi connectivity index (χ2n) is 9.47. The number of fused-ring (bicyclic) bond motifs is 3. The zero-order valence-corrected chi connectivity index (χ0v) is 19.5. The highest BCUT2D eigenvalue weighted by Gasteiger charge is 2.44. The molecule has 1 saturated carbocycles. The molecule has 1 fully saturated rings. The van der Waals surface area contributed by atoms with Crippen LogP contribution in [0, 0.1) is 5.41 Å². The largest absolute Gasteiger partial charge is 0.481 e. The van der Waals surface area contributed by atoms with Gasteiger partial charge in [-0.1, -0.05) is 55.0 Å². The van der Waals surface area contributed by atoms with E-state index >= 15 is 0 Å². The Labute approximate surface area is 199 Å². The van der Waals surface area contributed by atoms with E-state index in [9.17, 15) is 14.4 Å². The lowest BCUT2D eigenvalue weighted by molar-refractivity contribution is -0.137. The Morgan fingerprint density at radius 3 is 2.24 bits per heavy atom. The molecule has 0 bridgehead atoms. The molecule has 0 aromatic heterocycles. The van der Waals surface area contributed by atoms with Crippen molar-refractivity contribution in [3.63, 3.8) is 0 Å². The van der Waals surface area contributed by atoms with Crippen molar-refractivity contribution in [2.75, 3.05) is 13.2 Å². The van der Waals surface area contributed by atoms with Gasteiger partial charge in [0.15, 0.2) is 0 Å². The molecule has 4 rings (SSSR count). The normalized spacial score (nSPS) is 16.5. The molecule has 0 heterocycles. The Morgan fingerprint density at radius 1 is 1.06 bits per heavy atom. The number of rotatable bonds is 10. The predicted octanol–water partition coefficient (Wildman–Crippen LogP) is 4.46. The Morgan fingerprint density at radius 2 is 1.68 bits per heavy atom. The molecule has 2 amide bonds. The van der Waals surface area contributed by atoms with Crippen molar-refractivity contribution in [3.8, 4) is 11.1 Å². The molecule has 1 unspecified atom stereocenters. The Kier molecular flexibility index (Phi) is 7.20. The molecule has 0 saturated heterocycles. The van der Waals surface area contributed by atoms with Crippen molar-refractivity contribution in [2.45, 2.75) is 57.4 Å². The van der Waals surface area contributed by atoms with Crippen LogP contribution < -0.4 is 10.6 Å². The topological polar surface area (TPSA) is 105 Å². The van der Waals surface area contributed by atoms with E-state index in [0.29, 0.717) is 25.7 Å². The monoisotopic (exact) mass is 464 g/mol. The van der Waals surface area contributed by atoms with Gasteiger partial charge in [0.25, 0.3) is 0 Å². The van der Waals surface area contributed by atoms with Crippen LogP contribution >= 0.6 is 0 Å². The third kappa shape index (κ3) is 5.08. The summed E-state index contributed by atoms with van der Waals surface area (Å²) < 4.78 is 5.60. The van der Waals surface area contributed by atoms with Gasteiger partial charge < -0.3 is 20.5 Å². The van der Waals surface area contributed by atoms with E-state index in [0.717, 1.165) is 17.5 Å². The highest BCUT2D eigenvalue weighted by molar-refractivity contribution is 5.85. The van der Waals surface area contributed by atoms with Crippen LogP contribution in [0.15, 0.2) is 48.5 Å². The van der Waals surface area contributed by atoms with E-state index in [4.69, 9.17) is 9.84 Å². The lowest BCUT2D eigenvalue weighted by Gasteiger charge is -2.40. The van der Waals surface area contributed by atoms with Gasteiger partial charge in [0.1, 0.15) is 6.61 Å². The highest BCUT2D eigenvalue weighted by Crippen LogP contribution is 2.44. The summed E-state index contributed by atoms with van der Waals surface area (Å²) in [6.07, 6.45) is 3.06. The van der Waals surface area contributed by atoms with E-state index in [1.54, 1.807) is 0 Å². The van der Waals surface area contributed by atoms with Gasteiger partial charge in [-0.2, -0.15) is 0 Å². The van der Waals surface area contributed by atoms with Crippen molar-refractivity contribution >= 4 is 18.0 Å². The zero-order chi connectivity index (χ0) is 24.1. The number of carboxylic acid groups (broad SMARTS) is 1. The number of hydrogen-bond acceptors (Lipinski definition) is 4. The van der Waals surface area contributed by atoms with E-state index in [2.05, 4.69) is 34.9 Å². The molecular formula is C27H32N2O5. The number of alkyl carbamates (subject to hydrolysis) is 1. The average Bonchev–Trinajstić information content (AvgIpc) is 3.10. The van der Waals surface area contributed by atoms with Crippen LogP contribution in [0.3, 0.4) is 0 Å². The van der Waals surface area contributed by atoms with Crippen molar-refractivity contribution in [1.82, 2.24) is 10.6 Å². The van der Waals surface area contributed by atoms with Crippen molar-refractivity contribution < 1.29 is 24.2 Å². The first-order valence-electron chi connectivity index (χ1n) is 12.0. The van der Waals surface area contributed by atoms with Gasteiger partial charge in [-0.05, 0) is 54.9 Å². The number of amides is 2. The lowest BCUT2D eigenvalue weighted by atomic mass is 9.68. The molecule has 2 aromatic rings. The van der Waals surface area contributed by atoms with Crippen LogP contribution in [0.25, 0.3) is 11.1 Å². The van der Waals surface area contributed by atoms with Crippen molar-refractivity contribution in [3.05, 3.63) is 59.7 Å². The maximum absolute atomic E-state index is 12.9. The first-order valence-corrected chi connectivity index (χ1v) is 12.0. The highest BCUT2D eigenvalue weighted by atomic mass is 16.5. The van der Waals surface area contributed by atoms with Crippen LogP contribution in [0.2, 0.25) is 0 Å². The minimum absolute atomic E-state index is 0.00855. The predicted molar refractivity (Wildman–Crippen MR) is 128 cm³/mol. The fraction of sp³-hybridized carbons (Fsp3) is 0.444. The first-order chi connectivity index (χ1) is 16.4. The standard InChI is InChI=1S/C27H32N2O5/c1-18(8-6-13-24(30)31)29-25(32)27(14-7-15-27)17-28-26(33)34-16-23-21-11-4-2-9-19(21)20-10-3-5-12-22(20)23/h2-5,9-12,18,23H,6-8,13-17H2,1H3,(H,28,33)(H,29,32)(H,30,31). The number of carbonyl (C=O) groups is 3. The molecule has 1 atom stereocenters. The maximum atomic E-state index is 12.9. The molecule has 180 valence electrons. The third-order valence-electron chi connectivity index (χ3n) is 7.11. The fourth-order valence-corrected chi connectivity index (χ4v) is 4.99. The molecule has 0 radical (unpaired) electrons. The number of nitrogens with one attached hydrogen (secondary N) is 2. The molecule has 7 heteroatoms. The molecule has 2 aromatic carbocycles. The molecular weight excluding hydrogens is 432 g/mol. The minimum Gasteiger partial charge on any atom is -0.481 e. The Balaban J connectivity index is 1.29. The quantitative estimate of drug-likeness (QED) is 0.482. The molecule has 3 N–H and O–H groups in total. The summed E-state index contributed by atoms with van der Waals surface area (Å²) in [4.78, 5) is 36.1. The van der Waals surface area contributed by atoms with E-state index in [-0.39, 0.29) is 37.4 Å². The van der Waals surface area contributed by atoms with E-state index in [1.165, 1.54) is 11.1 Å². The smallest absolute Gasteiger partial charge is 0.407 e. The van der Waals surface area contributed by atoms with Crippen LogP contribution in [0.1, 0.15) is 62.5 Å². The summed E-state index contributed by atoms with van der Waals surface area (Å²) in [6.45, 7) is 2.35. The fourth-order valence-electron chi connectivity index (χ4n) is 4.99. The van der Waals surface area contributed by atoms with Gasteiger partial charge in [-0.15, -0.1) is 0 Å². The first kappa shape index (κ1) is 23.8. The second kappa shape index (κ2) is 10.3. The molecule has 34 heavy (non-hydrogen) atoms. The van der Waals surface area contributed by atoms with Gasteiger partial charge in [0, 0.05) is 24.9 Å². The Hall–Kier alpha value is -3.35. The summed E-state index contributed by atoms with van der Waals surface area (Å²) in [7, 11) is 0. The van der Waals surface area contributed by atoms with Crippen LogP contribution in [0.5, 0.6) is 0 Å². The molecule has 0 aliphatic heterocycles. The maximum Gasteiger partial charge on any atom is 0.407 e. The average molecular weight is 465 g/mol. The SMILES string of the molecule is CC(CCCC(=O)O)NC(=O)C1(CNC(=O)OCC2c3ccccc3-c3ccccc32)CCC1. The number of benzene rings is 2. The van der Waals surface area contributed by atoms with Gasteiger partial charge in [-0.25, -0.2) is 4.79 Å². The summed E-state index contributed by atoms with van der Waals surface area (Å²) in [6, 6.07) is 16.3. The van der Waals surface area contributed by atoms with Gasteiger partial charge in [-0.3, -0.25) is 9.59 Å².